The molecule has 0 atom stereocenters. The molecule has 0 spiro atoms. The molecule has 0 bridgehead atoms. The van der Waals surface area contributed by atoms with Crippen molar-refractivity contribution < 1.29 is 4.74 Å². The number of hydrogen-bond donors (Lipinski definition) is 0. The molecule has 0 amide bonds. The van der Waals surface area contributed by atoms with Crippen molar-refractivity contribution in [2.24, 2.45) is 0 Å². The van der Waals surface area contributed by atoms with Crippen LogP contribution in [0.25, 0.3) is 0 Å². The molecule has 1 aliphatic rings. The number of rotatable bonds is 8. The Morgan fingerprint density at radius 3 is 2.30 bits per heavy atom. The number of ether oxygens (including phenoxy) is 1. The van der Waals surface area contributed by atoms with Gasteiger partial charge >= 0.3 is 0 Å². The van der Waals surface area contributed by atoms with Gasteiger partial charge < -0.3 is 9.64 Å². The van der Waals surface area contributed by atoms with Gasteiger partial charge in [0.25, 0.3) is 0 Å². The van der Waals surface area contributed by atoms with Crippen molar-refractivity contribution in [3.8, 4) is 0 Å². The first-order valence-electron chi connectivity index (χ1n) is 9.22. The zero-order chi connectivity index (χ0) is 16.7. The zero-order valence-corrected chi connectivity index (χ0v) is 15.3. The van der Waals surface area contributed by atoms with E-state index in [0.29, 0.717) is 17.9 Å². The van der Waals surface area contributed by atoms with Crippen LogP contribution in [0.15, 0.2) is 12.4 Å². The van der Waals surface area contributed by atoms with Gasteiger partial charge in [0.2, 0.25) is 0 Å². The van der Waals surface area contributed by atoms with Gasteiger partial charge in [0.1, 0.15) is 5.82 Å². The summed E-state index contributed by atoms with van der Waals surface area (Å²) in [5.41, 5.74) is 1.32. The highest BCUT2D eigenvalue weighted by Crippen LogP contribution is 2.27. The second-order valence-corrected chi connectivity index (χ2v) is 7.27. The van der Waals surface area contributed by atoms with E-state index >= 15 is 0 Å². The lowest BCUT2D eigenvalue weighted by Gasteiger charge is -2.32. The van der Waals surface area contributed by atoms with Crippen LogP contribution in [0, 0.1) is 0 Å². The molecule has 1 aromatic rings. The van der Waals surface area contributed by atoms with Crippen molar-refractivity contribution in [2.45, 2.75) is 71.3 Å². The molecule has 2 heterocycles. The first-order valence-corrected chi connectivity index (χ1v) is 9.22. The third-order valence-corrected chi connectivity index (χ3v) is 4.59. The third kappa shape index (κ3) is 6.19. The van der Waals surface area contributed by atoms with E-state index in [1.807, 2.05) is 12.4 Å². The first-order chi connectivity index (χ1) is 11.1. The van der Waals surface area contributed by atoms with Crippen molar-refractivity contribution >= 4 is 0 Å². The molecule has 0 aromatic carbocycles. The minimum absolute atomic E-state index is 0.357. The molecule has 0 aliphatic carbocycles. The Labute approximate surface area is 141 Å². The van der Waals surface area contributed by atoms with Crippen LogP contribution >= 0.6 is 0 Å². The number of piperidine rings is 1. The van der Waals surface area contributed by atoms with Gasteiger partial charge in [0.05, 0.1) is 6.10 Å². The largest absolute Gasteiger partial charge is 0.379 e. The van der Waals surface area contributed by atoms with Gasteiger partial charge in [-0.2, -0.15) is 0 Å². The Hall–Kier alpha value is -1.00. The van der Waals surface area contributed by atoms with E-state index in [0.717, 1.165) is 12.4 Å². The van der Waals surface area contributed by atoms with Crippen molar-refractivity contribution in [1.29, 1.82) is 0 Å². The Morgan fingerprint density at radius 1 is 1.09 bits per heavy atom. The van der Waals surface area contributed by atoms with Crippen LogP contribution in [0.3, 0.4) is 0 Å². The van der Waals surface area contributed by atoms with E-state index in [9.17, 15) is 0 Å². The molecule has 1 aromatic heterocycles. The average Bonchev–Trinajstić information content (AvgIpc) is 2.55. The summed E-state index contributed by atoms with van der Waals surface area (Å²) in [7, 11) is 0. The predicted octanol–water partition coefficient (Wildman–Crippen LogP) is 3.98. The lowest BCUT2D eigenvalue weighted by atomic mass is 9.91. The summed E-state index contributed by atoms with van der Waals surface area (Å²) in [5, 5.41) is 0. The quantitative estimate of drug-likeness (QED) is 0.679. The number of unbranched alkanes of at least 4 members (excludes halogenated alkanes) is 1. The lowest BCUT2D eigenvalue weighted by molar-refractivity contribution is 0.0735. The van der Waals surface area contributed by atoms with E-state index in [4.69, 9.17) is 4.74 Å². The van der Waals surface area contributed by atoms with Gasteiger partial charge in [-0.15, -0.1) is 0 Å². The molecule has 0 N–H and O–H groups in total. The Morgan fingerprint density at radius 2 is 1.74 bits per heavy atom. The zero-order valence-electron chi connectivity index (χ0n) is 15.3. The van der Waals surface area contributed by atoms with E-state index in [1.54, 1.807) is 0 Å². The normalized spacial score (nSPS) is 17.3. The van der Waals surface area contributed by atoms with E-state index in [1.165, 1.54) is 50.9 Å². The highest BCUT2D eigenvalue weighted by atomic mass is 16.5. The summed E-state index contributed by atoms with van der Waals surface area (Å²) in [6.45, 7) is 13.0. The average molecular weight is 319 g/mol. The summed E-state index contributed by atoms with van der Waals surface area (Å²) >= 11 is 0. The second kappa shape index (κ2) is 9.33. The summed E-state index contributed by atoms with van der Waals surface area (Å²) < 4.78 is 5.60. The van der Waals surface area contributed by atoms with Gasteiger partial charge in [0.15, 0.2) is 0 Å². The Kier molecular flexibility index (Phi) is 7.44. The monoisotopic (exact) mass is 319 g/mol. The van der Waals surface area contributed by atoms with Crippen molar-refractivity contribution in [3.05, 3.63) is 23.8 Å². The predicted molar refractivity (Wildman–Crippen MR) is 94.9 cm³/mol. The van der Waals surface area contributed by atoms with Gasteiger partial charge in [-0.25, -0.2) is 9.97 Å². The van der Waals surface area contributed by atoms with Crippen molar-refractivity contribution in [2.75, 3.05) is 26.2 Å². The fourth-order valence-electron chi connectivity index (χ4n) is 3.10. The van der Waals surface area contributed by atoms with Gasteiger partial charge in [0, 0.05) is 24.9 Å². The van der Waals surface area contributed by atoms with Crippen LogP contribution in [-0.2, 0) is 4.74 Å². The molecule has 130 valence electrons. The number of likely N-dealkylation sites (tertiary alicyclic amines) is 1. The molecular formula is C19H33N3O. The Balaban J connectivity index is 1.67. The molecule has 4 nitrogen and oxygen atoms in total. The first kappa shape index (κ1) is 18.3. The van der Waals surface area contributed by atoms with Crippen molar-refractivity contribution in [3.63, 3.8) is 0 Å². The highest BCUT2D eigenvalue weighted by molar-refractivity contribution is 5.13. The molecule has 1 fully saturated rings. The van der Waals surface area contributed by atoms with Crippen LogP contribution in [0.1, 0.15) is 76.6 Å². The van der Waals surface area contributed by atoms with Crippen LogP contribution in [0.4, 0.5) is 0 Å². The molecule has 23 heavy (non-hydrogen) atoms. The maximum absolute atomic E-state index is 5.60. The molecule has 0 saturated carbocycles. The maximum atomic E-state index is 5.60. The van der Waals surface area contributed by atoms with Gasteiger partial charge in [-0.05, 0) is 70.6 Å². The van der Waals surface area contributed by atoms with Gasteiger partial charge in [-0.1, -0.05) is 13.8 Å². The number of hydrogen-bond acceptors (Lipinski definition) is 4. The molecular weight excluding hydrogens is 286 g/mol. The van der Waals surface area contributed by atoms with E-state index < -0.39 is 0 Å². The minimum Gasteiger partial charge on any atom is -0.379 e. The van der Waals surface area contributed by atoms with E-state index in [2.05, 4.69) is 42.6 Å². The fourth-order valence-corrected chi connectivity index (χ4v) is 3.10. The van der Waals surface area contributed by atoms with Crippen LogP contribution < -0.4 is 0 Å². The topological polar surface area (TPSA) is 38.2 Å². The summed E-state index contributed by atoms with van der Waals surface area (Å²) in [6, 6.07) is 0. The summed E-state index contributed by atoms with van der Waals surface area (Å²) in [5.74, 6) is 2.00. The van der Waals surface area contributed by atoms with Crippen molar-refractivity contribution in [1.82, 2.24) is 14.9 Å². The number of nitrogens with zero attached hydrogens (tertiary/aromatic N) is 3. The summed E-state index contributed by atoms with van der Waals surface area (Å²) in [4.78, 5) is 11.6. The molecule has 0 unspecified atom stereocenters. The van der Waals surface area contributed by atoms with Crippen LogP contribution in [-0.4, -0.2) is 47.2 Å². The molecule has 1 saturated heterocycles. The SMILES string of the molecule is CC(C)OCCCCN1CCC(c2cnc(C(C)C)nc2)CC1. The van der Waals surface area contributed by atoms with Gasteiger partial charge in [-0.3, -0.25) is 0 Å². The third-order valence-electron chi connectivity index (χ3n) is 4.59. The minimum atomic E-state index is 0.357. The van der Waals surface area contributed by atoms with Crippen LogP contribution in [0.5, 0.6) is 0 Å². The standard InChI is InChI=1S/C19H33N3O/c1-15(2)19-20-13-18(14-21-19)17-7-10-22(11-8-17)9-5-6-12-23-16(3)4/h13-17H,5-12H2,1-4H3. The molecule has 2 rings (SSSR count). The summed E-state index contributed by atoms with van der Waals surface area (Å²) in [6.07, 6.45) is 9.32. The lowest BCUT2D eigenvalue weighted by Crippen LogP contribution is -2.33. The molecule has 1 aliphatic heterocycles. The van der Waals surface area contributed by atoms with Crippen LogP contribution in [0.2, 0.25) is 0 Å². The van der Waals surface area contributed by atoms with E-state index in [-0.39, 0.29) is 0 Å². The number of aromatic nitrogens is 2. The molecule has 4 heteroatoms. The molecule has 0 radical (unpaired) electrons. The highest BCUT2D eigenvalue weighted by Gasteiger charge is 2.21. The Bertz CT molecular complexity index is 436. The second-order valence-electron chi connectivity index (χ2n) is 7.27. The fraction of sp³-hybridized carbons (Fsp3) is 0.789. The smallest absolute Gasteiger partial charge is 0.130 e. The maximum Gasteiger partial charge on any atom is 0.130 e.